The molecule has 0 saturated carbocycles. The van der Waals surface area contributed by atoms with Crippen LogP contribution in [0.4, 0.5) is 4.79 Å². The summed E-state index contributed by atoms with van der Waals surface area (Å²) in [5, 5.41) is 13.6. The summed E-state index contributed by atoms with van der Waals surface area (Å²) in [7, 11) is 1.51. The number of aliphatic carboxylic acids is 1. The van der Waals surface area contributed by atoms with Crippen LogP contribution in [0.15, 0.2) is 0 Å². The molecule has 0 saturated heterocycles. The van der Waals surface area contributed by atoms with Gasteiger partial charge in [-0.15, -0.1) is 0 Å². The lowest BCUT2D eigenvalue weighted by atomic mass is 10.4. The van der Waals surface area contributed by atoms with Crippen LogP contribution in [-0.4, -0.2) is 54.6 Å². The summed E-state index contributed by atoms with van der Waals surface area (Å²) in [6, 6.07) is -0.460. The zero-order valence-electron chi connectivity index (χ0n) is 10.2. The summed E-state index contributed by atoms with van der Waals surface area (Å²) in [6.45, 7) is 2.09. The topological polar surface area (TPSA) is 98.7 Å². The summed E-state index contributed by atoms with van der Waals surface area (Å²) in [5.41, 5.74) is 0. The highest BCUT2D eigenvalue weighted by Crippen LogP contribution is 1.93. The van der Waals surface area contributed by atoms with Crippen molar-refractivity contribution in [3.05, 3.63) is 0 Å². The van der Waals surface area contributed by atoms with Crippen LogP contribution in [0.1, 0.15) is 19.8 Å². The van der Waals surface area contributed by atoms with E-state index in [9.17, 15) is 14.4 Å². The second kappa shape index (κ2) is 8.37. The van der Waals surface area contributed by atoms with Crippen LogP contribution in [0.25, 0.3) is 0 Å². The van der Waals surface area contributed by atoms with Gasteiger partial charge in [0.2, 0.25) is 5.91 Å². The number of nitrogens with zero attached hydrogens (tertiary/aromatic N) is 1. The van der Waals surface area contributed by atoms with E-state index in [1.165, 1.54) is 11.9 Å². The lowest BCUT2D eigenvalue weighted by Crippen LogP contribution is -2.44. The summed E-state index contributed by atoms with van der Waals surface area (Å²) in [6.07, 6.45) is 0.853. The number of nitrogens with one attached hydrogen (secondary N) is 2. The molecule has 0 unspecified atom stereocenters. The molecule has 0 heterocycles. The third-order valence-electron chi connectivity index (χ3n) is 2.01. The number of carboxylic acids is 1. The molecular formula is C10H19N3O4. The maximum absolute atomic E-state index is 11.6. The van der Waals surface area contributed by atoms with Gasteiger partial charge in [0.25, 0.3) is 0 Å². The lowest BCUT2D eigenvalue weighted by Gasteiger charge is -2.20. The van der Waals surface area contributed by atoms with Gasteiger partial charge in [-0.05, 0) is 6.42 Å². The van der Waals surface area contributed by atoms with Crippen molar-refractivity contribution in [2.45, 2.75) is 19.8 Å². The number of rotatable bonds is 7. The Labute approximate surface area is 100 Å². The number of urea groups is 1. The summed E-state index contributed by atoms with van der Waals surface area (Å²) in [4.78, 5) is 34.2. The minimum absolute atomic E-state index is 0.175. The first-order chi connectivity index (χ1) is 8.01. The van der Waals surface area contributed by atoms with Crippen LogP contribution in [0.2, 0.25) is 0 Å². The Bertz CT molecular complexity index is 281. The van der Waals surface area contributed by atoms with Crippen molar-refractivity contribution in [3.8, 4) is 0 Å². The van der Waals surface area contributed by atoms with Gasteiger partial charge in [-0.3, -0.25) is 9.59 Å². The Morgan fingerprint density at radius 2 is 1.94 bits per heavy atom. The van der Waals surface area contributed by atoms with E-state index in [1.807, 2.05) is 6.92 Å². The number of amides is 3. The Kier molecular flexibility index (Phi) is 7.49. The summed E-state index contributed by atoms with van der Waals surface area (Å²) >= 11 is 0. The highest BCUT2D eigenvalue weighted by Gasteiger charge is 2.15. The Morgan fingerprint density at radius 3 is 2.41 bits per heavy atom. The third-order valence-corrected chi connectivity index (χ3v) is 2.01. The van der Waals surface area contributed by atoms with Gasteiger partial charge >= 0.3 is 12.0 Å². The minimum atomic E-state index is -1.06. The van der Waals surface area contributed by atoms with E-state index in [0.717, 1.165) is 0 Å². The predicted molar refractivity (Wildman–Crippen MR) is 61.6 cm³/mol. The fraction of sp³-hybridized carbons (Fsp3) is 0.700. The fourth-order valence-electron chi connectivity index (χ4n) is 1.21. The zero-order chi connectivity index (χ0) is 13.3. The van der Waals surface area contributed by atoms with Gasteiger partial charge in [-0.25, -0.2) is 4.79 Å². The van der Waals surface area contributed by atoms with Crippen LogP contribution in [0.5, 0.6) is 0 Å². The van der Waals surface area contributed by atoms with Crippen molar-refractivity contribution in [1.82, 2.24) is 15.5 Å². The van der Waals surface area contributed by atoms with Gasteiger partial charge in [-0.2, -0.15) is 0 Å². The van der Waals surface area contributed by atoms with Crippen molar-refractivity contribution in [2.24, 2.45) is 0 Å². The lowest BCUT2D eigenvalue weighted by molar-refractivity contribution is -0.137. The van der Waals surface area contributed by atoms with E-state index in [2.05, 4.69) is 10.6 Å². The van der Waals surface area contributed by atoms with E-state index < -0.39 is 12.0 Å². The minimum Gasteiger partial charge on any atom is -0.480 e. The van der Waals surface area contributed by atoms with Crippen molar-refractivity contribution < 1.29 is 19.5 Å². The second-order valence-electron chi connectivity index (χ2n) is 3.47. The van der Waals surface area contributed by atoms with Crippen molar-refractivity contribution in [1.29, 1.82) is 0 Å². The molecule has 0 aromatic heterocycles. The Morgan fingerprint density at radius 1 is 1.29 bits per heavy atom. The molecule has 0 aliphatic rings. The number of carbonyl (C=O) groups excluding carboxylic acids is 2. The van der Waals surface area contributed by atoms with Gasteiger partial charge in [-0.1, -0.05) is 6.92 Å². The predicted octanol–water partition coefficient (Wildman–Crippen LogP) is -0.371. The molecule has 0 aliphatic carbocycles. The van der Waals surface area contributed by atoms with Gasteiger partial charge in [0.1, 0.15) is 6.54 Å². The van der Waals surface area contributed by atoms with E-state index in [0.29, 0.717) is 13.0 Å². The molecule has 0 fully saturated rings. The van der Waals surface area contributed by atoms with Gasteiger partial charge in [0, 0.05) is 26.6 Å². The number of hydrogen-bond acceptors (Lipinski definition) is 3. The molecule has 0 atom stereocenters. The molecule has 0 aromatic rings. The molecule has 0 aromatic carbocycles. The first kappa shape index (κ1) is 15.2. The maximum atomic E-state index is 11.6. The van der Waals surface area contributed by atoms with Crippen LogP contribution in [-0.2, 0) is 9.59 Å². The molecule has 0 rings (SSSR count). The first-order valence-corrected chi connectivity index (χ1v) is 5.46. The molecule has 3 amide bonds. The second-order valence-corrected chi connectivity index (χ2v) is 3.47. The van der Waals surface area contributed by atoms with Crippen molar-refractivity contribution in [2.75, 3.05) is 26.7 Å². The molecular weight excluding hydrogens is 226 g/mol. The van der Waals surface area contributed by atoms with Crippen LogP contribution in [0, 0.1) is 0 Å². The normalized spacial score (nSPS) is 9.53. The van der Waals surface area contributed by atoms with Crippen molar-refractivity contribution >= 4 is 17.9 Å². The molecule has 0 aliphatic heterocycles. The molecule has 3 N–H and O–H groups in total. The Balaban J connectivity index is 4.05. The van der Waals surface area contributed by atoms with E-state index >= 15 is 0 Å². The number of hydrogen-bond donors (Lipinski definition) is 3. The molecule has 7 heteroatoms. The first-order valence-electron chi connectivity index (χ1n) is 5.46. The third kappa shape index (κ3) is 7.15. The monoisotopic (exact) mass is 245 g/mol. The average molecular weight is 245 g/mol. The van der Waals surface area contributed by atoms with Gasteiger partial charge in [0.15, 0.2) is 0 Å². The summed E-state index contributed by atoms with van der Waals surface area (Å²) in [5.74, 6) is -1.23. The molecule has 98 valence electrons. The van der Waals surface area contributed by atoms with Gasteiger partial charge < -0.3 is 20.6 Å². The molecule has 0 spiro atoms. The summed E-state index contributed by atoms with van der Waals surface area (Å²) < 4.78 is 0. The zero-order valence-corrected chi connectivity index (χ0v) is 10.2. The fourth-order valence-corrected chi connectivity index (χ4v) is 1.21. The largest absolute Gasteiger partial charge is 0.480 e. The number of carbonyl (C=O) groups is 3. The molecule has 0 radical (unpaired) electrons. The van der Waals surface area contributed by atoms with Crippen LogP contribution < -0.4 is 10.6 Å². The van der Waals surface area contributed by atoms with E-state index in [4.69, 9.17) is 5.11 Å². The quantitative estimate of drug-likeness (QED) is 0.570. The molecule has 7 nitrogen and oxygen atoms in total. The molecule has 0 bridgehead atoms. The average Bonchev–Trinajstić information content (AvgIpc) is 2.27. The maximum Gasteiger partial charge on any atom is 0.323 e. The SMILES string of the molecule is CCCN(CC(=O)O)C(=O)NCCC(=O)NC. The van der Waals surface area contributed by atoms with Crippen LogP contribution >= 0.6 is 0 Å². The highest BCUT2D eigenvalue weighted by molar-refractivity contribution is 5.81. The van der Waals surface area contributed by atoms with Crippen LogP contribution in [0.3, 0.4) is 0 Å². The van der Waals surface area contributed by atoms with E-state index in [1.54, 1.807) is 0 Å². The Hall–Kier alpha value is -1.79. The standard InChI is InChI=1S/C10H19N3O4/c1-3-6-13(7-9(15)16)10(17)12-5-4-8(14)11-2/h3-7H2,1-2H3,(H,11,14)(H,12,17)(H,15,16). The van der Waals surface area contributed by atoms with Crippen molar-refractivity contribution in [3.63, 3.8) is 0 Å². The smallest absolute Gasteiger partial charge is 0.323 e. The van der Waals surface area contributed by atoms with Gasteiger partial charge in [0.05, 0.1) is 0 Å². The number of carboxylic acid groups (broad SMARTS) is 1. The molecule has 17 heavy (non-hydrogen) atoms. The van der Waals surface area contributed by atoms with E-state index in [-0.39, 0.29) is 25.4 Å². The highest BCUT2D eigenvalue weighted by atomic mass is 16.4.